The Morgan fingerprint density at radius 3 is 2.47 bits per heavy atom. The Bertz CT molecular complexity index is 743. The number of fused-ring (bicyclic) bond motifs is 1. The number of aryl methyl sites for hydroxylation is 2. The molecular weight excluding hydrogens is 246 g/mol. The Labute approximate surface area is 110 Å². The van der Waals surface area contributed by atoms with E-state index in [1.165, 1.54) is 13.3 Å². The Morgan fingerprint density at radius 2 is 1.95 bits per heavy atom. The number of aromatic nitrogens is 1. The molecule has 2 rings (SSSR count). The highest BCUT2D eigenvalue weighted by Gasteiger charge is 2.17. The monoisotopic (exact) mass is 261 g/mol. The number of carboxylic acids is 1. The fourth-order valence-corrected chi connectivity index (χ4v) is 2.33. The van der Waals surface area contributed by atoms with Gasteiger partial charge in [-0.1, -0.05) is 0 Å². The molecule has 0 spiro atoms. The molecule has 0 atom stereocenters. The highest BCUT2D eigenvalue weighted by Crippen LogP contribution is 2.28. The van der Waals surface area contributed by atoms with Gasteiger partial charge in [-0.2, -0.15) is 0 Å². The third-order valence-corrected chi connectivity index (χ3v) is 3.43. The van der Waals surface area contributed by atoms with E-state index in [2.05, 4.69) is 0 Å². The second kappa shape index (κ2) is 4.42. The number of methoxy groups -OCH3 is 1. The van der Waals surface area contributed by atoms with Gasteiger partial charge in [0.05, 0.1) is 18.0 Å². The van der Waals surface area contributed by atoms with Gasteiger partial charge in [0.15, 0.2) is 0 Å². The van der Waals surface area contributed by atoms with Gasteiger partial charge in [-0.3, -0.25) is 4.79 Å². The van der Waals surface area contributed by atoms with Crippen molar-refractivity contribution in [1.29, 1.82) is 0 Å². The summed E-state index contributed by atoms with van der Waals surface area (Å²) in [5, 5.41) is 9.42. The van der Waals surface area contributed by atoms with Crippen molar-refractivity contribution >= 4 is 16.9 Å². The number of rotatable bonds is 2. The maximum Gasteiger partial charge on any atom is 0.341 e. The summed E-state index contributed by atoms with van der Waals surface area (Å²) in [7, 11) is 3.26. The van der Waals surface area contributed by atoms with E-state index in [4.69, 9.17) is 9.84 Å². The molecule has 2 aromatic rings. The zero-order valence-electron chi connectivity index (χ0n) is 11.3. The van der Waals surface area contributed by atoms with Gasteiger partial charge in [-0.15, -0.1) is 0 Å². The Hall–Kier alpha value is -2.30. The van der Waals surface area contributed by atoms with Gasteiger partial charge in [-0.25, -0.2) is 4.79 Å². The number of hydrogen-bond donors (Lipinski definition) is 1. The van der Waals surface area contributed by atoms with Crippen molar-refractivity contribution in [1.82, 2.24) is 4.57 Å². The van der Waals surface area contributed by atoms with Crippen LogP contribution in [0.25, 0.3) is 10.9 Å². The third-order valence-electron chi connectivity index (χ3n) is 3.43. The van der Waals surface area contributed by atoms with Crippen molar-refractivity contribution in [2.75, 3.05) is 7.11 Å². The number of ether oxygens (including phenoxy) is 1. The molecule has 0 saturated heterocycles. The van der Waals surface area contributed by atoms with Crippen molar-refractivity contribution in [2.45, 2.75) is 13.8 Å². The molecule has 0 radical (unpaired) electrons. The number of carbonyl (C=O) groups is 1. The highest BCUT2D eigenvalue weighted by atomic mass is 16.5. The van der Waals surface area contributed by atoms with Crippen LogP contribution < -0.4 is 10.2 Å². The quantitative estimate of drug-likeness (QED) is 0.896. The van der Waals surface area contributed by atoms with Gasteiger partial charge in [-0.05, 0) is 31.0 Å². The molecule has 0 aliphatic heterocycles. The SMILES string of the molecule is COc1cc2c(=O)c(C(=O)O)cn(C)c2c(C)c1C. The number of aromatic carboxylic acids is 1. The molecule has 0 unspecified atom stereocenters. The zero-order valence-corrected chi connectivity index (χ0v) is 11.3. The molecular formula is C14H15NO4. The lowest BCUT2D eigenvalue weighted by Gasteiger charge is -2.14. The van der Waals surface area contributed by atoms with Crippen molar-refractivity contribution in [3.05, 3.63) is 39.2 Å². The first-order valence-electron chi connectivity index (χ1n) is 5.79. The molecule has 0 fully saturated rings. The van der Waals surface area contributed by atoms with E-state index in [1.54, 1.807) is 17.7 Å². The normalized spacial score (nSPS) is 10.7. The summed E-state index contributed by atoms with van der Waals surface area (Å²) in [5.74, 6) is -0.635. The molecule has 5 heteroatoms. The minimum absolute atomic E-state index is 0.236. The molecule has 0 bridgehead atoms. The molecule has 0 saturated carbocycles. The van der Waals surface area contributed by atoms with E-state index < -0.39 is 11.4 Å². The lowest BCUT2D eigenvalue weighted by atomic mass is 10.0. The predicted molar refractivity (Wildman–Crippen MR) is 72.2 cm³/mol. The van der Waals surface area contributed by atoms with Gasteiger partial charge in [0, 0.05) is 13.2 Å². The predicted octanol–water partition coefficient (Wildman–Crippen LogP) is 1.86. The standard InChI is InChI=1S/C14H15NO4/c1-7-8(2)12-9(5-11(7)19-4)13(16)10(14(17)18)6-15(12)3/h5-6H,1-4H3,(H,17,18). The Morgan fingerprint density at radius 1 is 1.32 bits per heavy atom. The molecule has 19 heavy (non-hydrogen) atoms. The first-order chi connectivity index (χ1) is 8.88. The fraction of sp³-hybridized carbons (Fsp3) is 0.286. The van der Waals surface area contributed by atoms with E-state index in [0.717, 1.165) is 16.6 Å². The lowest BCUT2D eigenvalue weighted by molar-refractivity contribution is 0.0695. The average molecular weight is 261 g/mol. The second-order valence-corrected chi connectivity index (χ2v) is 4.51. The number of pyridine rings is 1. The summed E-state index contributed by atoms with van der Waals surface area (Å²) in [6.45, 7) is 3.79. The number of benzene rings is 1. The fourth-order valence-electron chi connectivity index (χ4n) is 2.33. The van der Waals surface area contributed by atoms with Gasteiger partial charge in [0.2, 0.25) is 5.43 Å². The molecule has 100 valence electrons. The van der Waals surface area contributed by atoms with Gasteiger partial charge in [0.25, 0.3) is 0 Å². The molecule has 5 nitrogen and oxygen atoms in total. The summed E-state index contributed by atoms with van der Waals surface area (Å²) in [6.07, 6.45) is 1.35. The Kier molecular flexibility index (Phi) is 3.06. The summed E-state index contributed by atoms with van der Waals surface area (Å²) in [5.41, 5.74) is 1.86. The number of nitrogens with zero attached hydrogens (tertiary/aromatic N) is 1. The first-order valence-corrected chi connectivity index (χ1v) is 5.79. The van der Waals surface area contributed by atoms with Crippen LogP contribution in [0.15, 0.2) is 17.1 Å². The molecule has 1 aromatic heterocycles. The molecule has 1 N–H and O–H groups in total. The van der Waals surface area contributed by atoms with Crippen molar-refractivity contribution < 1.29 is 14.6 Å². The van der Waals surface area contributed by atoms with Gasteiger partial charge < -0.3 is 14.4 Å². The molecule has 0 aliphatic rings. The summed E-state index contributed by atoms with van der Waals surface area (Å²) in [6, 6.07) is 1.60. The van der Waals surface area contributed by atoms with Crippen molar-refractivity contribution in [2.24, 2.45) is 7.05 Å². The minimum Gasteiger partial charge on any atom is -0.496 e. The van der Waals surface area contributed by atoms with Crippen LogP contribution >= 0.6 is 0 Å². The molecule has 0 amide bonds. The number of carboxylic acid groups (broad SMARTS) is 1. The molecule has 0 aliphatic carbocycles. The van der Waals surface area contributed by atoms with E-state index in [1.807, 2.05) is 13.8 Å². The second-order valence-electron chi connectivity index (χ2n) is 4.51. The maximum atomic E-state index is 12.2. The average Bonchev–Trinajstić information content (AvgIpc) is 2.36. The lowest BCUT2D eigenvalue weighted by Crippen LogP contribution is -2.18. The third kappa shape index (κ3) is 1.87. The van der Waals surface area contributed by atoms with Crippen LogP contribution in [0.4, 0.5) is 0 Å². The minimum atomic E-state index is -1.22. The first kappa shape index (κ1) is 13.1. The zero-order chi connectivity index (χ0) is 14.3. The van der Waals surface area contributed by atoms with Crippen LogP contribution in [0.2, 0.25) is 0 Å². The smallest absolute Gasteiger partial charge is 0.341 e. The van der Waals surface area contributed by atoms with Crippen molar-refractivity contribution in [3.8, 4) is 5.75 Å². The van der Waals surface area contributed by atoms with E-state index >= 15 is 0 Å². The van der Waals surface area contributed by atoms with Crippen LogP contribution in [0.1, 0.15) is 21.5 Å². The molecule has 1 aromatic carbocycles. The highest BCUT2D eigenvalue weighted by molar-refractivity contribution is 5.94. The summed E-state index contributed by atoms with van der Waals surface area (Å²) in [4.78, 5) is 23.3. The summed E-state index contributed by atoms with van der Waals surface area (Å²) < 4.78 is 6.90. The largest absolute Gasteiger partial charge is 0.496 e. The van der Waals surface area contributed by atoms with E-state index in [9.17, 15) is 9.59 Å². The van der Waals surface area contributed by atoms with E-state index in [0.29, 0.717) is 11.1 Å². The van der Waals surface area contributed by atoms with Crippen molar-refractivity contribution in [3.63, 3.8) is 0 Å². The topological polar surface area (TPSA) is 68.5 Å². The molecule has 1 heterocycles. The van der Waals surface area contributed by atoms with Crippen LogP contribution in [0.5, 0.6) is 5.75 Å². The van der Waals surface area contributed by atoms with E-state index in [-0.39, 0.29) is 5.56 Å². The van der Waals surface area contributed by atoms with Gasteiger partial charge >= 0.3 is 5.97 Å². The Balaban J connectivity index is 3.04. The number of hydrogen-bond acceptors (Lipinski definition) is 3. The van der Waals surface area contributed by atoms with Crippen LogP contribution in [-0.4, -0.2) is 22.8 Å². The van der Waals surface area contributed by atoms with Crippen LogP contribution in [0, 0.1) is 13.8 Å². The van der Waals surface area contributed by atoms with Gasteiger partial charge in [0.1, 0.15) is 11.3 Å². The van der Waals surface area contributed by atoms with Crippen LogP contribution in [-0.2, 0) is 7.05 Å². The van der Waals surface area contributed by atoms with Crippen LogP contribution in [0.3, 0.4) is 0 Å². The summed E-state index contributed by atoms with van der Waals surface area (Å²) >= 11 is 0. The maximum absolute atomic E-state index is 12.2.